The maximum atomic E-state index is 13.4. The number of nitrogens with zero attached hydrogens (tertiary/aromatic N) is 2. The molecule has 0 aliphatic heterocycles. The van der Waals surface area contributed by atoms with E-state index in [0.29, 0.717) is 18.1 Å². The maximum absolute atomic E-state index is 13.4. The Morgan fingerprint density at radius 2 is 2.14 bits per heavy atom. The molecule has 5 nitrogen and oxygen atoms in total. The third-order valence-electron chi connectivity index (χ3n) is 2.82. The molecule has 112 valence electrons. The summed E-state index contributed by atoms with van der Waals surface area (Å²) in [5.74, 6) is -1.77. The molecule has 0 radical (unpaired) electrons. The number of halogens is 2. The molecule has 2 rings (SSSR count). The van der Waals surface area contributed by atoms with Gasteiger partial charge in [0.15, 0.2) is 17.5 Å². The molecule has 1 aromatic heterocycles. The monoisotopic (exact) mass is 295 g/mol. The molecule has 0 aliphatic carbocycles. The second kappa shape index (κ2) is 6.43. The van der Waals surface area contributed by atoms with E-state index in [-0.39, 0.29) is 18.0 Å². The lowest BCUT2D eigenvalue weighted by molar-refractivity contribution is 0.0948. The van der Waals surface area contributed by atoms with Gasteiger partial charge in [0.2, 0.25) is 5.89 Å². The summed E-state index contributed by atoms with van der Waals surface area (Å²) in [6.45, 7) is 4.06. The number of nitrogens with one attached hydrogen (secondary N) is 1. The molecule has 1 aromatic carbocycles. The van der Waals surface area contributed by atoms with Crippen molar-refractivity contribution in [3.63, 3.8) is 0 Å². The molecule has 21 heavy (non-hydrogen) atoms. The summed E-state index contributed by atoms with van der Waals surface area (Å²) in [4.78, 5) is 15.9. The Morgan fingerprint density at radius 3 is 2.81 bits per heavy atom. The largest absolute Gasteiger partial charge is 0.351 e. The predicted molar refractivity (Wildman–Crippen MR) is 70.8 cm³/mol. The van der Waals surface area contributed by atoms with Crippen molar-refractivity contribution in [1.29, 1.82) is 0 Å². The number of carbonyl (C=O) groups excluding carboxylic acids is 1. The van der Waals surface area contributed by atoms with Gasteiger partial charge in [0.25, 0.3) is 5.91 Å². The van der Waals surface area contributed by atoms with Gasteiger partial charge in [0.1, 0.15) is 0 Å². The Bertz CT molecular complexity index is 641. The maximum Gasteiger partial charge on any atom is 0.254 e. The van der Waals surface area contributed by atoms with Gasteiger partial charge < -0.3 is 9.84 Å². The molecule has 2 aromatic rings. The third kappa shape index (κ3) is 3.62. The van der Waals surface area contributed by atoms with Gasteiger partial charge in [0, 0.05) is 18.9 Å². The molecule has 7 heteroatoms. The molecule has 0 unspecified atom stereocenters. The molecule has 0 saturated carbocycles. The van der Waals surface area contributed by atoms with E-state index in [1.807, 2.05) is 13.8 Å². The summed E-state index contributed by atoms with van der Waals surface area (Å²) < 4.78 is 31.4. The first-order valence-corrected chi connectivity index (χ1v) is 6.53. The normalized spacial score (nSPS) is 10.9. The zero-order chi connectivity index (χ0) is 15.4. The fourth-order valence-electron chi connectivity index (χ4n) is 1.66. The number of benzene rings is 1. The molecule has 0 spiro atoms. The Hall–Kier alpha value is -2.31. The molecular weight excluding hydrogens is 280 g/mol. The van der Waals surface area contributed by atoms with Crippen molar-refractivity contribution in [2.24, 2.45) is 0 Å². The molecule has 0 atom stereocenters. The van der Waals surface area contributed by atoms with Gasteiger partial charge in [-0.1, -0.05) is 25.1 Å². The lowest BCUT2D eigenvalue weighted by Crippen LogP contribution is -2.26. The average Bonchev–Trinajstić information content (AvgIpc) is 2.91. The van der Waals surface area contributed by atoms with E-state index in [9.17, 15) is 13.6 Å². The highest BCUT2D eigenvalue weighted by Crippen LogP contribution is 2.11. The zero-order valence-electron chi connectivity index (χ0n) is 11.7. The summed E-state index contributed by atoms with van der Waals surface area (Å²) in [5.41, 5.74) is -0.330. The topological polar surface area (TPSA) is 68.0 Å². The van der Waals surface area contributed by atoms with Crippen molar-refractivity contribution in [2.75, 3.05) is 6.54 Å². The minimum absolute atomic E-state index is 0.151. The second-order valence-electron chi connectivity index (χ2n) is 4.81. The van der Waals surface area contributed by atoms with Crippen molar-refractivity contribution in [1.82, 2.24) is 15.5 Å². The number of hydrogen-bond acceptors (Lipinski definition) is 4. The van der Waals surface area contributed by atoms with E-state index in [1.54, 1.807) is 0 Å². The van der Waals surface area contributed by atoms with E-state index < -0.39 is 17.5 Å². The van der Waals surface area contributed by atoms with Crippen molar-refractivity contribution < 1.29 is 18.1 Å². The molecule has 1 N–H and O–H groups in total. The summed E-state index contributed by atoms with van der Waals surface area (Å²) in [6, 6.07) is 3.45. The zero-order valence-corrected chi connectivity index (χ0v) is 11.7. The quantitative estimate of drug-likeness (QED) is 0.920. The molecular formula is C14H15F2N3O2. The molecule has 1 heterocycles. The number of hydrogen-bond donors (Lipinski definition) is 1. The summed E-state index contributed by atoms with van der Waals surface area (Å²) >= 11 is 0. The van der Waals surface area contributed by atoms with Crippen LogP contribution in [0.3, 0.4) is 0 Å². The van der Waals surface area contributed by atoms with E-state index in [1.165, 1.54) is 12.1 Å². The highest BCUT2D eigenvalue weighted by Gasteiger charge is 2.15. The van der Waals surface area contributed by atoms with E-state index in [0.717, 1.165) is 6.07 Å². The minimum atomic E-state index is -1.16. The minimum Gasteiger partial charge on any atom is -0.351 e. The molecule has 0 saturated heterocycles. The van der Waals surface area contributed by atoms with Crippen molar-refractivity contribution >= 4 is 5.91 Å². The molecule has 0 aliphatic rings. The van der Waals surface area contributed by atoms with Crippen molar-refractivity contribution in [3.05, 3.63) is 47.1 Å². The molecule has 0 bridgehead atoms. The second-order valence-corrected chi connectivity index (χ2v) is 4.81. The van der Waals surface area contributed by atoms with Crippen molar-refractivity contribution in [2.45, 2.75) is 26.2 Å². The Morgan fingerprint density at radius 1 is 1.38 bits per heavy atom. The van der Waals surface area contributed by atoms with Crippen LogP contribution in [0.2, 0.25) is 0 Å². The Labute approximate surface area is 120 Å². The smallest absolute Gasteiger partial charge is 0.254 e. The summed E-state index contributed by atoms with van der Waals surface area (Å²) in [7, 11) is 0. The average molecular weight is 295 g/mol. The fraction of sp³-hybridized carbons (Fsp3) is 0.357. The van der Waals surface area contributed by atoms with Crippen LogP contribution in [0.15, 0.2) is 22.7 Å². The van der Waals surface area contributed by atoms with Crippen LogP contribution < -0.4 is 5.32 Å². The molecule has 1 amide bonds. The number of amides is 1. The standard InChI is InChI=1S/C14H15F2N3O2/c1-8(2)13-18-11(21-19-13)6-7-17-14(20)9-4-3-5-10(15)12(9)16/h3-5,8H,6-7H2,1-2H3,(H,17,20). The van der Waals surface area contributed by atoms with E-state index in [4.69, 9.17) is 4.52 Å². The first-order valence-electron chi connectivity index (χ1n) is 6.53. The highest BCUT2D eigenvalue weighted by atomic mass is 19.2. The molecule has 0 fully saturated rings. The van der Waals surface area contributed by atoms with E-state index >= 15 is 0 Å². The Balaban J connectivity index is 1.90. The summed E-state index contributed by atoms with van der Waals surface area (Å²) in [5, 5.41) is 6.27. The fourth-order valence-corrected chi connectivity index (χ4v) is 1.66. The van der Waals surface area contributed by atoms with Gasteiger partial charge in [-0.15, -0.1) is 0 Å². The van der Waals surface area contributed by atoms with E-state index in [2.05, 4.69) is 15.5 Å². The first kappa shape index (κ1) is 15.1. The highest BCUT2D eigenvalue weighted by molar-refractivity contribution is 5.94. The first-order chi connectivity index (χ1) is 9.99. The SMILES string of the molecule is CC(C)c1noc(CCNC(=O)c2cccc(F)c2F)n1. The lowest BCUT2D eigenvalue weighted by atomic mass is 10.2. The number of aromatic nitrogens is 2. The predicted octanol–water partition coefficient (Wildman–Crippen LogP) is 2.44. The van der Waals surface area contributed by atoms with Gasteiger partial charge in [-0.05, 0) is 12.1 Å². The van der Waals surface area contributed by atoms with Crippen LogP contribution in [0.5, 0.6) is 0 Å². The van der Waals surface area contributed by atoms with Crippen LogP contribution in [-0.2, 0) is 6.42 Å². The van der Waals surface area contributed by atoms with Crippen LogP contribution in [0, 0.1) is 11.6 Å². The van der Waals surface area contributed by atoms with Gasteiger partial charge in [-0.2, -0.15) is 4.98 Å². The van der Waals surface area contributed by atoms with Gasteiger partial charge >= 0.3 is 0 Å². The Kier molecular flexibility index (Phi) is 4.62. The van der Waals surface area contributed by atoms with Crippen LogP contribution >= 0.6 is 0 Å². The van der Waals surface area contributed by atoms with Gasteiger partial charge in [-0.3, -0.25) is 4.79 Å². The lowest BCUT2D eigenvalue weighted by Gasteiger charge is -2.04. The van der Waals surface area contributed by atoms with Crippen LogP contribution in [0.25, 0.3) is 0 Å². The third-order valence-corrected chi connectivity index (χ3v) is 2.82. The van der Waals surface area contributed by atoms with Crippen LogP contribution in [0.1, 0.15) is 41.8 Å². The number of rotatable bonds is 5. The van der Waals surface area contributed by atoms with Crippen LogP contribution in [0.4, 0.5) is 8.78 Å². The van der Waals surface area contributed by atoms with Crippen LogP contribution in [-0.4, -0.2) is 22.6 Å². The van der Waals surface area contributed by atoms with Crippen molar-refractivity contribution in [3.8, 4) is 0 Å². The summed E-state index contributed by atoms with van der Waals surface area (Å²) in [6.07, 6.45) is 0.322. The van der Waals surface area contributed by atoms with Gasteiger partial charge in [-0.25, -0.2) is 8.78 Å². The van der Waals surface area contributed by atoms with Gasteiger partial charge in [0.05, 0.1) is 5.56 Å². The number of carbonyl (C=O) groups is 1.